The molecule has 0 saturated carbocycles. The molecule has 0 atom stereocenters. The Morgan fingerprint density at radius 1 is 1.42 bits per heavy atom. The minimum Gasteiger partial charge on any atom is -0.493 e. The van der Waals surface area contributed by atoms with Crippen molar-refractivity contribution in [2.75, 3.05) is 6.61 Å². The second-order valence-corrected chi connectivity index (χ2v) is 3.90. The summed E-state index contributed by atoms with van der Waals surface area (Å²) in [4.78, 5) is 18.0. The zero-order valence-corrected chi connectivity index (χ0v) is 10.8. The van der Waals surface area contributed by atoms with Crippen molar-refractivity contribution in [1.82, 2.24) is 9.97 Å². The molecule has 0 aliphatic rings. The molecule has 0 bridgehead atoms. The maximum absolute atomic E-state index is 11.0. The predicted octanol–water partition coefficient (Wildman–Crippen LogP) is 3.10. The molecule has 0 spiro atoms. The first-order valence-electron chi connectivity index (χ1n) is 5.52. The van der Waals surface area contributed by atoms with E-state index in [0.29, 0.717) is 17.9 Å². The first-order chi connectivity index (χ1) is 9.13. The van der Waals surface area contributed by atoms with Crippen LogP contribution in [0.5, 0.6) is 5.75 Å². The summed E-state index contributed by atoms with van der Waals surface area (Å²) in [6, 6.07) is 6.94. The Balaban J connectivity index is 2.64. The van der Waals surface area contributed by atoms with Crippen LogP contribution in [0.25, 0.3) is 11.3 Å². The number of rotatable bonds is 4. The van der Waals surface area contributed by atoms with Crippen molar-refractivity contribution in [3.63, 3.8) is 0 Å². The summed E-state index contributed by atoms with van der Waals surface area (Å²) in [5.41, 5.74) is 0.450. The van der Waals surface area contributed by atoms with Gasteiger partial charge in [0.05, 0.1) is 11.5 Å². The lowest BCUT2D eigenvalue weighted by Gasteiger charge is -2.09. The van der Waals surface area contributed by atoms with Gasteiger partial charge in [-0.2, -0.15) is 0 Å². The maximum atomic E-state index is 11.0. The zero-order chi connectivity index (χ0) is 13.8. The van der Waals surface area contributed by atoms with Gasteiger partial charge in [0.25, 0.3) is 0 Å². The van der Waals surface area contributed by atoms with Crippen LogP contribution in [0.3, 0.4) is 0 Å². The second-order valence-electron chi connectivity index (χ2n) is 3.56. The predicted molar refractivity (Wildman–Crippen MR) is 70.3 cm³/mol. The number of hydrogen-bond donors (Lipinski definition) is 0. The van der Waals surface area contributed by atoms with E-state index in [1.807, 2.05) is 6.92 Å². The van der Waals surface area contributed by atoms with Gasteiger partial charge in [-0.05, 0) is 30.7 Å². The van der Waals surface area contributed by atoms with E-state index < -0.39 is 4.92 Å². The number of nitro groups is 1. The summed E-state index contributed by atoms with van der Waals surface area (Å²) in [7, 11) is 0. The summed E-state index contributed by atoms with van der Waals surface area (Å²) in [5.74, 6) is 0.517. The molecule has 1 heterocycles. The lowest BCUT2D eigenvalue weighted by atomic mass is 10.1. The third-order valence-electron chi connectivity index (χ3n) is 2.38. The van der Waals surface area contributed by atoms with Gasteiger partial charge in [-0.15, -0.1) is 0 Å². The van der Waals surface area contributed by atoms with E-state index in [4.69, 9.17) is 16.3 Å². The van der Waals surface area contributed by atoms with Crippen molar-refractivity contribution >= 4 is 17.3 Å². The van der Waals surface area contributed by atoms with Crippen molar-refractivity contribution in [3.05, 3.63) is 45.9 Å². The number of nitrogens with zero attached hydrogens (tertiary/aromatic N) is 3. The Bertz CT molecular complexity index is 619. The van der Waals surface area contributed by atoms with Crippen LogP contribution < -0.4 is 4.74 Å². The van der Waals surface area contributed by atoms with Gasteiger partial charge in [0.15, 0.2) is 5.69 Å². The van der Waals surface area contributed by atoms with Crippen molar-refractivity contribution in [3.8, 4) is 17.0 Å². The van der Waals surface area contributed by atoms with Gasteiger partial charge in [-0.1, -0.05) is 12.1 Å². The molecular formula is C12H10ClN3O3. The van der Waals surface area contributed by atoms with E-state index in [9.17, 15) is 10.1 Å². The fraction of sp³-hybridized carbons (Fsp3) is 0.167. The highest BCUT2D eigenvalue weighted by Gasteiger charge is 2.21. The van der Waals surface area contributed by atoms with Gasteiger partial charge in [-0.25, -0.2) is 9.97 Å². The number of aromatic nitrogens is 2. The van der Waals surface area contributed by atoms with Gasteiger partial charge >= 0.3 is 5.69 Å². The highest BCUT2D eigenvalue weighted by molar-refractivity contribution is 6.28. The molecule has 7 heteroatoms. The molecule has 0 saturated heterocycles. The van der Waals surface area contributed by atoms with Gasteiger partial charge in [0.1, 0.15) is 11.9 Å². The summed E-state index contributed by atoms with van der Waals surface area (Å²) < 4.78 is 5.44. The average molecular weight is 280 g/mol. The highest BCUT2D eigenvalue weighted by atomic mass is 35.5. The van der Waals surface area contributed by atoms with E-state index in [1.165, 1.54) is 0 Å². The van der Waals surface area contributed by atoms with Crippen molar-refractivity contribution in [1.29, 1.82) is 0 Å². The maximum Gasteiger partial charge on any atom is 0.313 e. The van der Waals surface area contributed by atoms with Crippen molar-refractivity contribution in [2.24, 2.45) is 0 Å². The van der Waals surface area contributed by atoms with Crippen molar-refractivity contribution in [2.45, 2.75) is 6.92 Å². The molecule has 0 N–H and O–H groups in total. The molecule has 0 amide bonds. The SMILES string of the molecule is CCOc1ccccc1-c1nc(Cl)ncc1[N+](=O)[O-]. The molecule has 2 rings (SSSR count). The lowest BCUT2D eigenvalue weighted by Crippen LogP contribution is -2.00. The van der Waals surface area contributed by atoms with Gasteiger partial charge < -0.3 is 4.74 Å². The van der Waals surface area contributed by atoms with Crippen LogP contribution in [0.2, 0.25) is 5.28 Å². The molecule has 98 valence electrons. The number of benzene rings is 1. The topological polar surface area (TPSA) is 78.2 Å². The largest absolute Gasteiger partial charge is 0.493 e. The van der Waals surface area contributed by atoms with E-state index in [2.05, 4.69) is 9.97 Å². The molecule has 0 radical (unpaired) electrons. The standard InChI is InChI=1S/C12H10ClN3O3/c1-2-19-10-6-4-3-5-8(10)11-9(16(17)18)7-14-12(13)15-11/h3-7H,2H2,1H3. The lowest BCUT2D eigenvalue weighted by molar-refractivity contribution is -0.384. The van der Waals surface area contributed by atoms with E-state index >= 15 is 0 Å². The van der Waals surface area contributed by atoms with Crippen LogP contribution in [-0.2, 0) is 0 Å². The van der Waals surface area contributed by atoms with Crippen LogP contribution in [0.15, 0.2) is 30.5 Å². The molecule has 19 heavy (non-hydrogen) atoms. The molecule has 1 aromatic carbocycles. The monoisotopic (exact) mass is 279 g/mol. The third-order valence-corrected chi connectivity index (χ3v) is 2.56. The molecule has 0 aliphatic heterocycles. The van der Waals surface area contributed by atoms with E-state index in [0.717, 1.165) is 6.20 Å². The number of halogens is 1. The van der Waals surface area contributed by atoms with E-state index in [1.54, 1.807) is 24.3 Å². The fourth-order valence-corrected chi connectivity index (χ4v) is 1.76. The quantitative estimate of drug-likeness (QED) is 0.488. The molecule has 2 aromatic rings. The highest BCUT2D eigenvalue weighted by Crippen LogP contribution is 2.34. The average Bonchev–Trinajstić information content (AvgIpc) is 2.39. The Kier molecular flexibility index (Phi) is 3.91. The Hall–Kier alpha value is -2.21. The normalized spacial score (nSPS) is 10.2. The van der Waals surface area contributed by atoms with Crippen LogP contribution >= 0.6 is 11.6 Å². The first kappa shape index (κ1) is 13.2. The third kappa shape index (κ3) is 2.79. The molecule has 0 fully saturated rings. The molecule has 6 nitrogen and oxygen atoms in total. The van der Waals surface area contributed by atoms with Crippen LogP contribution in [0.4, 0.5) is 5.69 Å². The molecule has 0 aliphatic carbocycles. The van der Waals surface area contributed by atoms with Crippen molar-refractivity contribution < 1.29 is 9.66 Å². The minimum atomic E-state index is -0.547. The summed E-state index contributed by atoms with van der Waals surface area (Å²) >= 11 is 5.72. The Morgan fingerprint density at radius 3 is 2.84 bits per heavy atom. The summed E-state index contributed by atoms with van der Waals surface area (Å²) in [5, 5.41) is 11.0. The van der Waals surface area contributed by atoms with Gasteiger partial charge in [0.2, 0.25) is 5.28 Å². The molecular weight excluding hydrogens is 270 g/mol. The Labute approximate surface area is 114 Å². The van der Waals surface area contributed by atoms with E-state index in [-0.39, 0.29) is 16.7 Å². The number of hydrogen-bond acceptors (Lipinski definition) is 5. The van der Waals surface area contributed by atoms with Gasteiger partial charge in [-0.3, -0.25) is 10.1 Å². The van der Waals surface area contributed by atoms with Crippen LogP contribution in [0.1, 0.15) is 6.92 Å². The summed E-state index contributed by atoms with van der Waals surface area (Å²) in [6.45, 7) is 2.28. The second kappa shape index (κ2) is 5.62. The van der Waals surface area contributed by atoms with Crippen LogP contribution in [-0.4, -0.2) is 21.5 Å². The fourth-order valence-electron chi connectivity index (χ4n) is 1.63. The van der Waals surface area contributed by atoms with Crippen LogP contribution in [0, 0.1) is 10.1 Å². The number of ether oxygens (including phenoxy) is 1. The van der Waals surface area contributed by atoms with Gasteiger partial charge in [0, 0.05) is 5.56 Å². The Morgan fingerprint density at radius 2 is 2.16 bits per heavy atom. The summed E-state index contributed by atoms with van der Waals surface area (Å²) in [6.07, 6.45) is 1.09. The molecule has 1 aromatic heterocycles. The molecule has 0 unspecified atom stereocenters. The number of para-hydroxylation sites is 1. The first-order valence-corrected chi connectivity index (χ1v) is 5.90. The smallest absolute Gasteiger partial charge is 0.313 e. The minimum absolute atomic E-state index is 0.0492. The zero-order valence-electron chi connectivity index (χ0n) is 10.0.